The lowest BCUT2D eigenvalue weighted by Gasteiger charge is -2.15. The van der Waals surface area contributed by atoms with Crippen molar-refractivity contribution in [2.75, 3.05) is 21.3 Å². The van der Waals surface area contributed by atoms with Gasteiger partial charge in [0.1, 0.15) is 17.3 Å². The van der Waals surface area contributed by atoms with Crippen LogP contribution >= 0.6 is 0 Å². The molecule has 0 saturated carbocycles. The standard InChI is InChI=1S/C23H28N2O3/c1-6-17-7-9-18(10-8-17)14-25(3)15-21-16(2)28-23(24-21)20-12-11-19(26-4)13-22(20)27-5/h7-13H,6,14-15H2,1-5H3. The second kappa shape index (κ2) is 8.93. The summed E-state index contributed by atoms with van der Waals surface area (Å²) in [5.41, 5.74) is 4.39. The first-order valence-corrected chi connectivity index (χ1v) is 9.49. The van der Waals surface area contributed by atoms with Crippen molar-refractivity contribution in [1.29, 1.82) is 0 Å². The number of oxazole rings is 1. The fourth-order valence-corrected chi connectivity index (χ4v) is 3.17. The van der Waals surface area contributed by atoms with Crippen molar-refractivity contribution in [3.8, 4) is 23.0 Å². The molecule has 0 spiro atoms. The monoisotopic (exact) mass is 380 g/mol. The second-order valence-corrected chi connectivity index (χ2v) is 6.93. The molecule has 0 aliphatic heterocycles. The van der Waals surface area contributed by atoms with Gasteiger partial charge in [0.05, 0.1) is 25.5 Å². The number of aromatic nitrogens is 1. The van der Waals surface area contributed by atoms with Crippen LogP contribution in [0, 0.1) is 6.92 Å². The average molecular weight is 380 g/mol. The van der Waals surface area contributed by atoms with Gasteiger partial charge in [-0.1, -0.05) is 31.2 Å². The Morgan fingerprint density at radius 2 is 1.68 bits per heavy atom. The predicted molar refractivity (Wildman–Crippen MR) is 111 cm³/mol. The molecule has 28 heavy (non-hydrogen) atoms. The van der Waals surface area contributed by atoms with Crippen LogP contribution in [0.25, 0.3) is 11.5 Å². The fraction of sp³-hybridized carbons (Fsp3) is 0.348. The van der Waals surface area contributed by atoms with E-state index < -0.39 is 0 Å². The lowest BCUT2D eigenvalue weighted by Crippen LogP contribution is -2.18. The lowest BCUT2D eigenvalue weighted by atomic mass is 10.1. The van der Waals surface area contributed by atoms with Crippen LogP contribution in [-0.2, 0) is 19.5 Å². The molecule has 0 radical (unpaired) electrons. The Labute approximate surface area is 166 Å². The highest BCUT2D eigenvalue weighted by atomic mass is 16.5. The van der Waals surface area contributed by atoms with Crippen molar-refractivity contribution in [1.82, 2.24) is 9.88 Å². The molecule has 2 aromatic carbocycles. The van der Waals surface area contributed by atoms with E-state index >= 15 is 0 Å². The van der Waals surface area contributed by atoms with Crippen molar-refractivity contribution in [2.24, 2.45) is 0 Å². The Balaban J connectivity index is 1.74. The van der Waals surface area contributed by atoms with Gasteiger partial charge < -0.3 is 13.9 Å². The van der Waals surface area contributed by atoms with Gasteiger partial charge in [-0.15, -0.1) is 0 Å². The zero-order chi connectivity index (χ0) is 20.1. The van der Waals surface area contributed by atoms with Gasteiger partial charge in [0.25, 0.3) is 0 Å². The molecule has 1 aromatic heterocycles. The van der Waals surface area contributed by atoms with Crippen LogP contribution < -0.4 is 9.47 Å². The van der Waals surface area contributed by atoms with E-state index in [1.807, 2.05) is 25.1 Å². The third-order valence-electron chi connectivity index (χ3n) is 4.84. The van der Waals surface area contributed by atoms with Gasteiger partial charge in [-0.2, -0.15) is 0 Å². The highest BCUT2D eigenvalue weighted by molar-refractivity contribution is 5.65. The van der Waals surface area contributed by atoms with E-state index in [-0.39, 0.29) is 0 Å². The van der Waals surface area contributed by atoms with Gasteiger partial charge in [0.15, 0.2) is 0 Å². The number of hydrogen-bond acceptors (Lipinski definition) is 5. The minimum Gasteiger partial charge on any atom is -0.497 e. The Hall–Kier alpha value is -2.79. The van der Waals surface area contributed by atoms with Crippen LogP contribution in [-0.4, -0.2) is 31.2 Å². The summed E-state index contributed by atoms with van der Waals surface area (Å²) in [4.78, 5) is 6.96. The maximum absolute atomic E-state index is 5.94. The Morgan fingerprint density at radius 1 is 0.964 bits per heavy atom. The van der Waals surface area contributed by atoms with Crippen molar-refractivity contribution in [2.45, 2.75) is 33.4 Å². The summed E-state index contributed by atoms with van der Waals surface area (Å²) >= 11 is 0. The maximum Gasteiger partial charge on any atom is 0.230 e. The quantitative estimate of drug-likeness (QED) is 0.558. The molecule has 0 amide bonds. The number of hydrogen-bond donors (Lipinski definition) is 0. The number of ether oxygens (including phenoxy) is 2. The summed E-state index contributed by atoms with van der Waals surface area (Å²) in [6.07, 6.45) is 1.06. The van der Waals surface area contributed by atoms with Crippen LogP contribution in [0.15, 0.2) is 46.9 Å². The number of rotatable bonds is 8. The van der Waals surface area contributed by atoms with E-state index in [2.05, 4.69) is 43.1 Å². The Kier molecular flexibility index (Phi) is 6.37. The van der Waals surface area contributed by atoms with E-state index in [1.54, 1.807) is 14.2 Å². The second-order valence-electron chi connectivity index (χ2n) is 6.93. The lowest BCUT2D eigenvalue weighted by molar-refractivity contribution is 0.313. The summed E-state index contributed by atoms with van der Waals surface area (Å²) in [6.45, 7) is 5.69. The molecule has 0 bridgehead atoms. The van der Waals surface area contributed by atoms with Gasteiger partial charge in [-0.25, -0.2) is 4.98 Å². The average Bonchev–Trinajstić information content (AvgIpc) is 3.07. The van der Waals surface area contributed by atoms with Crippen LogP contribution in [0.1, 0.15) is 29.5 Å². The van der Waals surface area contributed by atoms with Gasteiger partial charge in [0.2, 0.25) is 5.89 Å². The van der Waals surface area contributed by atoms with Gasteiger partial charge in [-0.3, -0.25) is 4.90 Å². The van der Waals surface area contributed by atoms with E-state index in [4.69, 9.17) is 18.9 Å². The van der Waals surface area contributed by atoms with Gasteiger partial charge in [-0.05, 0) is 43.7 Å². The Bertz CT molecular complexity index is 916. The van der Waals surface area contributed by atoms with Crippen molar-refractivity contribution >= 4 is 0 Å². The molecule has 3 aromatic rings. The predicted octanol–water partition coefficient (Wildman–Crippen LogP) is 4.86. The van der Waals surface area contributed by atoms with Crippen molar-refractivity contribution in [3.63, 3.8) is 0 Å². The number of nitrogens with zero attached hydrogens (tertiary/aromatic N) is 2. The first-order chi connectivity index (χ1) is 13.5. The summed E-state index contributed by atoms with van der Waals surface area (Å²) in [5, 5.41) is 0. The van der Waals surface area contributed by atoms with E-state index in [0.717, 1.165) is 35.7 Å². The zero-order valence-corrected chi connectivity index (χ0v) is 17.3. The zero-order valence-electron chi connectivity index (χ0n) is 17.3. The number of aryl methyl sites for hydroxylation is 2. The first kappa shape index (κ1) is 20.0. The summed E-state index contributed by atoms with van der Waals surface area (Å²) in [6, 6.07) is 14.4. The summed E-state index contributed by atoms with van der Waals surface area (Å²) in [7, 11) is 5.36. The topological polar surface area (TPSA) is 47.7 Å². The third-order valence-corrected chi connectivity index (χ3v) is 4.84. The normalized spacial score (nSPS) is 11.1. The molecule has 0 aliphatic carbocycles. The first-order valence-electron chi connectivity index (χ1n) is 9.49. The van der Waals surface area contributed by atoms with Crippen molar-refractivity contribution in [3.05, 3.63) is 65.0 Å². The molecule has 1 heterocycles. The summed E-state index contributed by atoms with van der Waals surface area (Å²) < 4.78 is 16.7. The number of benzene rings is 2. The molecule has 0 atom stereocenters. The van der Waals surface area contributed by atoms with E-state index in [1.165, 1.54) is 11.1 Å². The van der Waals surface area contributed by atoms with Crippen LogP contribution in [0.4, 0.5) is 0 Å². The number of methoxy groups -OCH3 is 2. The molecule has 5 heteroatoms. The molecule has 0 aliphatic rings. The minimum atomic E-state index is 0.563. The molecule has 0 fully saturated rings. The molecule has 0 N–H and O–H groups in total. The highest BCUT2D eigenvalue weighted by Crippen LogP contribution is 2.33. The SMILES string of the molecule is CCc1ccc(CN(C)Cc2nc(-c3ccc(OC)cc3OC)oc2C)cc1. The summed E-state index contributed by atoms with van der Waals surface area (Å²) in [5.74, 6) is 2.79. The molecule has 0 unspecified atom stereocenters. The smallest absolute Gasteiger partial charge is 0.230 e. The van der Waals surface area contributed by atoms with Gasteiger partial charge in [0, 0.05) is 19.2 Å². The largest absolute Gasteiger partial charge is 0.497 e. The van der Waals surface area contributed by atoms with Gasteiger partial charge >= 0.3 is 0 Å². The highest BCUT2D eigenvalue weighted by Gasteiger charge is 2.17. The minimum absolute atomic E-state index is 0.563. The van der Waals surface area contributed by atoms with Crippen LogP contribution in [0.5, 0.6) is 11.5 Å². The maximum atomic E-state index is 5.94. The molecule has 5 nitrogen and oxygen atoms in total. The molecular weight excluding hydrogens is 352 g/mol. The molecule has 0 saturated heterocycles. The van der Waals surface area contributed by atoms with E-state index in [0.29, 0.717) is 18.2 Å². The Morgan fingerprint density at radius 3 is 2.32 bits per heavy atom. The molecule has 148 valence electrons. The van der Waals surface area contributed by atoms with Crippen molar-refractivity contribution < 1.29 is 13.9 Å². The van der Waals surface area contributed by atoms with Crippen LogP contribution in [0.2, 0.25) is 0 Å². The van der Waals surface area contributed by atoms with Crippen LogP contribution in [0.3, 0.4) is 0 Å². The fourth-order valence-electron chi connectivity index (χ4n) is 3.17. The molecular formula is C23H28N2O3. The third kappa shape index (κ3) is 4.54. The molecule has 3 rings (SSSR count). The van der Waals surface area contributed by atoms with E-state index in [9.17, 15) is 0 Å².